The van der Waals surface area contributed by atoms with Gasteiger partial charge in [0.25, 0.3) is 0 Å². The van der Waals surface area contributed by atoms with Gasteiger partial charge in [-0.1, -0.05) is 6.92 Å². The molecule has 0 unspecified atom stereocenters. The van der Waals surface area contributed by atoms with Crippen LogP contribution >= 0.6 is 0 Å². The Morgan fingerprint density at radius 2 is 2.15 bits per heavy atom. The number of carbonyl (C=O) groups is 1. The van der Waals surface area contributed by atoms with E-state index in [1.807, 2.05) is 0 Å². The van der Waals surface area contributed by atoms with Gasteiger partial charge < -0.3 is 4.74 Å². The van der Waals surface area contributed by atoms with E-state index in [1.165, 1.54) is 7.11 Å². The van der Waals surface area contributed by atoms with Crippen LogP contribution in [0.4, 0.5) is 0 Å². The van der Waals surface area contributed by atoms with Gasteiger partial charge in [0.15, 0.2) is 0 Å². The lowest BCUT2D eigenvalue weighted by molar-refractivity contribution is -0.146. The van der Waals surface area contributed by atoms with Crippen molar-refractivity contribution in [2.24, 2.45) is 5.92 Å². The molecular weight excluding hydrogens is 166 g/mol. The molecule has 1 fully saturated rings. The quantitative estimate of drug-likeness (QED) is 0.607. The van der Waals surface area contributed by atoms with E-state index in [1.54, 1.807) is 0 Å². The molecule has 0 radical (unpaired) electrons. The molecule has 1 heterocycles. The average Bonchev–Trinajstić information content (AvgIpc) is 2.46. The van der Waals surface area contributed by atoms with Gasteiger partial charge in [-0.2, -0.15) is 0 Å². The van der Waals surface area contributed by atoms with Gasteiger partial charge in [0.1, 0.15) is 6.04 Å². The fourth-order valence-corrected chi connectivity index (χ4v) is 2.02. The number of rotatable bonds is 2. The molecule has 1 aliphatic rings. The molecule has 0 aliphatic carbocycles. The Bertz CT molecular complexity index is 191. The van der Waals surface area contributed by atoms with Crippen molar-refractivity contribution in [1.29, 1.82) is 0 Å². The monoisotopic (exact) mass is 185 g/mol. The first-order valence-corrected chi connectivity index (χ1v) is 4.89. The van der Waals surface area contributed by atoms with Gasteiger partial charge in [-0.25, -0.2) is 0 Å². The number of methoxy groups -OCH3 is 1. The summed E-state index contributed by atoms with van der Waals surface area (Å²) in [5.41, 5.74) is 0. The Labute approximate surface area is 80.1 Å². The van der Waals surface area contributed by atoms with E-state index in [0.29, 0.717) is 12.0 Å². The molecule has 0 saturated carbocycles. The van der Waals surface area contributed by atoms with Crippen molar-refractivity contribution < 1.29 is 9.53 Å². The number of esters is 1. The number of likely N-dealkylation sites (tertiary alicyclic amines) is 1. The maximum Gasteiger partial charge on any atom is 0.323 e. The molecule has 0 aromatic rings. The van der Waals surface area contributed by atoms with Gasteiger partial charge in [0, 0.05) is 12.6 Å². The van der Waals surface area contributed by atoms with Gasteiger partial charge in [-0.15, -0.1) is 0 Å². The van der Waals surface area contributed by atoms with Crippen LogP contribution in [0.15, 0.2) is 0 Å². The minimum absolute atomic E-state index is 0.0139. The third-order valence-corrected chi connectivity index (χ3v) is 2.69. The first kappa shape index (κ1) is 10.5. The average molecular weight is 185 g/mol. The third-order valence-electron chi connectivity index (χ3n) is 2.69. The van der Waals surface area contributed by atoms with Crippen molar-refractivity contribution >= 4 is 5.97 Å². The number of hydrogen-bond acceptors (Lipinski definition) is 3. The van der Waals surface area contributed by atoms with Crippen molar-refractivity contribution in [3.63, 3.8) is 0 Å². The molecule has 0 amide bonds. The Morgan fingerprint density at radius 1 is 1.54 bits per heavy atom. The fourth-order valence-electron chi connectivity index (χ4n) is 2.02. The minimum Gasteiger partial charge on any atom is -0.468 e. The summed E-state index contributed by atoms with van der Waals surface area (Å²) in [7, 11) is 1.46. The molecule has 76 valence electrons. The lowest BCUT2D eigenvalue weighted by Gasteiger charge is -2.26. The molecule has 1 saturated heterocycles. The van der Waals surface area contributed by atoms with E-state index in [9.17, 15) is 4.79 Å². The molecule has 0 spiro atoms. The fraction of sp³-hybridized carbons (Fsp3) is 0.900. The molecule has 2 atom stereocenters. The van der Waals surface area contributed by atoms with E-state index in [4.69, 9.17) is 4.74 Å². The summed E-state index contributed by atoms with van der Waals surface area (Å²) < 4.78 is 4.78. The molecule has 1 rings (SSSR count). The van der Waals surface area contributed by atoms with Gasteiger partial charge >= 0.3 is 5.97 Å². The highest BCUT2D eigenvalue weighted by atomic mass is 16.5. The predicted octanol–water partition coefficient (Wildman–Crippen LogP) is 1.28. The number of hydrogen-bond donors (Lipinski definition) is 0. The Kier molecular flexibility index (Phi) is 3.31. The Balaban J connectivity index is 2.66. The maximum atomic E-state index is 11.4. The smallest absolute Gasteiger partial charge is 0.323 e. The van der Waals surface area contributed by atoms with Crippen LogP contribution in [0.3, 0.4) is 0 Å². The maximum absolute atomic E-state index is 11.4. The van der Waals surface area contributed by atoms with E-state index in [2.05, 4.69) is 25.7 Å². The molecule has 1 aliphatic heterocycles. The lowest BCUT2D eigenvalue weighted by Crippen LogP contribution is -2.41. The summed E-state index contributed by atoms with van der Waals surface area (Å²) in [6.07, 6.45) is 0.935. The summed E-state index contributed by atoms with van der Waals surface area (Å²) in [5.74, 6) is 0.518. The van der Waals surface area contributed by atoms with Crippen LogP contribution < -0.4 is 0 Å². The van der Waals surface area contributed by atoms with Crippen molar-refractivity contribution in [2.45, 2.75) is 39.3 Å². The summed E-state index contributed by atoms with van der Waals surface area (Å²) in [4.78, 5) is 13.6. The molecule has 0 aromatic carbocycles. The third kappa shape index (κ3) is 2.21. The number of carbonyl (C=O) groups excluding carboxylic acids is 1. The standard InChI is InChI=1S/C10H19NO2/c1-7(2)11-6-8(3)5-9(11)10(12)13-4/h7-9H,5-6H2,1-4H3/t8-,9+/m1/s1. The summed E-state index contributed by atoms with van der Waals surface area (Å²) >= 11 is 0. The van der Waals surface area contributed by atoms with Crippen molar-refractivity contribution in [3.05, 3.63) is 0 Å². The van der Waals surface area contributed by atoms with E-state index in [-0.39, 0.29) is 12.0 Å². The van der Waals surface area contributed by atoms with Crippen molar-refractivity contribution in [2.75, 3.05) is 13.7 Å². The van der Waals surface area contributed by atoms with Crippen molar-refractivity contribution in [1.82, 2.24) is 4.90 Å². The lowest BCUT2D eigenvalue weighted by atomic mass is 10.1. The van der Waals surface area contributed by atoms with Gasteiger partial charge in [0.2, 0.25) is 0 Å². The second kappa shape index (κ2) is 4.09. The second-order valence-corrected chi connectivity index (χ2v) is 4.17. The zero-order chi connectivity index (χ0) is 10.0. The zero-order valence-corrected chi connectivity index (χ0v) is 8.91. The molecule has 3 heteroatoms. The van der Waals surface area contributed by atoms with Crippen LogP contribution in [0.2, 0.25) is 0 Å². The SMILES string of the molecule is COC(=O)[C@@H]1C[C@@H](C)CN1C(C)C. The molecule has 13 heavy (non-hydrogen) atoms. The molecular formula is C10H19NO2. The highest BCUT2D eigenvalue weighted by molar-refractivity contribution is 5.76. The molecule has 0 aromatic heterocycles. The first-order valence-electron chi connectivity index (χ1n) is 4.89. The first-order chi connectivity index (χ1) is 6.06. The van der Waals surface area contributed by atoms with Crippen LogP contribution in [-0.4, -0.2) is 36.6 Å². The molecule has 0 N–H and O–H groups in total. The van der Waals surface area contributed by atoms with E-state index < -0.39 is 0 Å². The van der Waals surface area contributed by atoms with Crippen molar-refractivity contribution in [3.8, 4) is 0 Å². The van der Waals surface area contributed by atoms with Crippen LogP contribution in [0, 0.1) is 5.92 Å². The summed E-state index contributed by atoms with van der Waals surface area (Å²) in [6.45, 7) is 7.43. The summed E-state index contributed by atoms with van der Waals surface area (Å²) in [6, 6.07) is 0.411. The largest absolute Gasteiger partial charge is 0.468 e. The Morgan fingerprint density at radius 3 is 2.62 bits per heavy atom. The minimum atomic E-state index is -0.0851. The van der Waals surface area contributed by atoms with Gasteiger partial charge in [-0.3, -0.25) is 9.69 Å². The van der Waals surface area contributed by atoms with Crippen LogP contribution in [-0.2, 0) is 9.53 Å². The highest BCUT2D eigenvalue weighted by Gasteiger charge is 2.36. The van der Waals surface area contributed by atoms with Gasteiger partial charge in [0.05, 0.1) is 7.11 Å². The van der Waals surface area contributed by atoms with E-state index in [0.717, 1.165) is 13.0 Å². The molecule has 3 nitrogen and oxygen atoms in total. The zero-order valence-electron chi connectivity index (χ0n) is 8.91. The van der Waals surface area contributed by atoms with Crippen LogP contribution in [0.25, 0.3) is 0 Å². The predicted molar refractivity (Wildman–Crippen MR) is 51.4 cm³/mol. The Hall–Kier alpha value is -0.570. The highest BCUT2D eigenvalue weighted by Crippen LogP contribution is 2.25. The van der Waals surface area contributed by atoms with Crippen LogP contribution in [0.1, 0.15) is 27.2 Å². The van der Waals surface area contributed by atoms with E-state index >= 15 is 0 Å². The van der Waals surface area contributed by atoms with Crippen LogP contribution in [0.5, 0.6) is 0 Å². The number of nitrogens with zero attached hydrogens (tertiary/aromatic N) is 1. The topological polar surface area (TPSA) is 29.5 Å². The van der Waals surface area contributed by atoms with Gasteiger partial charge in [-0.05, 0) is 26.2 Å². The summed E-state index contributed by atoms with van der Waals surface area (Å²) in [5, 5.41) is 0. The normalized spacial score (nSPS) is 29.6. The number of ether oxygens (including phenoxy) is 1. The second-order valence-electron chi connectivity index (χ2n) is 4.17. The molecule has 0 bridgehead atoms.